The summed E-state index contributed by atoms with van der Waals surface area (Å²) in [5, 5.41) is 9.10. The molecule has 126 valence electrons. The van der Waals surface area contributed by atoms with Crippen molar-refractivity contribution in [1.29, 1.82) is 0 Å². The highest BCUT2D eigenvalue weighted by Crippen LogP contribution is 2.25. The molecule has 1 N–H and O–H groups in total. The Kier molecular flexibility index (Phi) is 4.90. The van der Waals surface area contributed by atoms with E-state index in [-0.39, 0.29) is 17.9 Å². The molecule has 1 aromatic rings. The van der Waals surface area contributed by atoms with Crippen molar-refractivity contribution in [3.8, 4) is 0 Å². The summed E-state index contributed by atoms with van der Waals surface area (Å²) < 4.78 is 34.1. The Morgan fingerprint density at radius 3 is 2.39 bits per heavy atom. The van der Waals surface area contributed by atoms with Crippen molar-refractivity contribution in [2.24, 2.45) is 0 Å². The van der Waals surface area contributed by atoms with E-state index in [4.69, 9.17) is 9.29 Å². The fourth-order valence-electron chi connectivity index (χ4n) is 2.38. The van der Waals surface area contributed by atoms with Gasteiger partial charge in [0.25, 0.3) is 10.1 Å². The van der Waals surface area contributed by atoms with E-state index in [0.29, 0.717) is 0 Å². The number of esters is 1. The normalized spacial score (nSPS) is 21.2. The van der Waals surface area contributed by atoms with Crippen LogP contribution in [0.2, 0.25) is 0 Å². The molecule has 8 nitrogen and oxygen atoms in total. The van der Waals surface area contributed by atoms with Crippen LogP contribution in [0, 0.1) is 6.92 Å². The standard InChI is InChI=1S/C14H17NO7S/c1-9-3-5-11(6-4-9)23(19,20)22-10-7-12(13(16)21-2)15(8-10)14(17)18/h3-6,10,12H,7-8H2,1-2H3,(H,17,18)/t10-,12+/m0/s1. The lowest BCUT2D eigenvalue weighted by molar-refractivity contribution is -0.145. The van der Waals surface area contributed by atoms with Crippen LogP contribution in [0.25, 0.3) is 0 Å². The molecule has 0 spiro atoms. The highest BCUT2D eigenvalue weighted by molar-refractivity contribution is 7.86. The topological polar surface area (TPSA) is 110 Å². The van der Waals surface area contributed by atoms with Crippen molar-refractivity contribution in [2.45, 2.75) is 30.4 Å². The molecule has 1 fully saturated rings. The summed E-state index contributed by atoms with van der Waals surface area (Å²) in [5.74, 6) is -0.744. The van der Waals surface area contributed by atoms with Crippen LogP contribution >= 0.6 is 0 Å². The van der Waals surface area contributed by atoms with Crippen LogP contribution in [0.1, 0.15) is 12.0 Å². The maximum atomic E-state index is 12.2. The number of hydrogen-bond acceptors (Lipinski definition) is 6. The number of likely N-dealkylation sites (tertiary alicyclic amines) is 1. The van der Waals surface area contributed by atoms with E-state index in [0.717, 1.165) is 17.6 Å². The van der Waals surface area contributed by atoms with E-state index in [9.17, 15) is 18.0 Å². The molecule has 2 rings (SSSR count). The summed E-state index contributed by atoms with van der Waals surface area (Å²) in [6.07, 6.45) is -2.36. The van der Waals surface area contributed by atoms with Crippen molar-refractivity contribution in [1.82, 2.24) is 4.90 Å². The van der Waals surface area contributed by atoms with Crippen molar-refractivity contribution in [2.75, 3.05) is 13.7 Å². The fourth-order valence-corrected chi connectivity index (χ4v) is 3.46. The van der Waals surface area contributed by atoms with Gasteiger partial charge in [-0.25, -0.2) is 9.59 Å². The second-order valence-electron chi connectivity index (χ2n) is 5.20. The monoisotopic (exact) mass is 343 g/mol. The Morgan fingerprint density at radius 1 is 1.26 bits per heavy atom. The van der Waals surface area contributed by atoms with Crippen LogP contribution in [0.3, 0.4) is 0 Å². The van der Waals surface area contributed by atoms with E-state index in [2.05, 4.69) is 4.74 Å². The number of aryl methyl sites for hydroxylation is 1. The summed E-state index contributed by atoms with van der Waals surface area (Å²) in [7, 11) is -2.90. The van der Waals surface area contributed by atoms with Gasteiger partial charge >= 0.3 is 12.1 Å². The smallest absolute Gasteiger partial charge is 0.408 e. The number of carbonyl (C=O) groups is 2. The molecular formula is C14H17NO7S. The van der Waals surface area contributed by atoms with E-state index < -0.39 is 34.3 Å². The number of benzene rings is 1. The summed E-state index contributed by atoms with van der Waals surface area (Å²) in [6, 6.07) is 5.01. The maximum Gasteiger partial charge on any atom is 0.408 e. The van der Waals surface area contributed by atoms with Crippen molar-refractivity contribution in [3.63, 3.8) is 0 Å². The summed E-state index contributed by atoms with van der Waals surface area (Å²) in [5.41, 5.74) is 0.896. The Labute approximate surface area is 133 Å². The number of carboxylic acid groups (broad SMARTS) is 1. The first-order chi connectivity index (χ1) is 10.7. The molecule has 0 unspecified atom stereocenters. The number of amides is 1. The molecule has 0 aromatic heterocycles. The van der Waals surface area contributed by atoms with Crippen LogP contribution in [-0.4, -0.2) is 56.3 Å². The van der Waals surface area contributed by atoms with Crippen LogP contribution in [0.5, 0.6) is 0 Å². The molecule has 0 bridgehead atoms. The first-order valence-corrected chi connectivity index (χ1v) is 8.23. The van der Waals surface area contributed by atoms with Gasteiger partial charge in [0.05, 0.1) is 24.7 Å². The second-order valence-corrected chi connectivity index (χ2v) is 6.77. The van der Waals surface area contributed by atoms with Gasteiger partial charge in [0.2, 0.25) is 0 Å². The minimum atomic E-state index is -4.04. The minimum absolute atomic E-state index is 0.0218. The Hall–Kier alpha value is -2.13. The lowest BCUT2D eigenvalue weighted by Gasteiger charge is -2.18. The molecule has 1 saturated heterocycles. The summed E-state index contributed by atoms with van der Waals surface area (Å²) in [4.78, 5) is 23.6. The largest absolute Gasteiger partial charge is 0.467 e. The highest BCUT2D eigenvalue weighted by Gasteiger charge is 2.42. The van der Waals surface area contributed by atoms with Crippen LogP contribution in [-0.2, 0) is 23.8 Å². The number of ether oxygens (including phenoxy) is 1. The molecular weight excluding hydrogens is 326 g/mol. The van der Waals surface area contributed by atoms with Crippen molar-refractivity contribution in [3.05, 3.63) is 29.8 Å². The van der Waals surface area contributed by atoms with Gasteiger partial charge < -0.3 is 9.84 Å². The lowest BCUT2D eigenvalue weighted by atomic mass is 10.2. The molecule has 1 heterocycles. The SMILES string of the molecule is COC(=O)[C@H]1C[C@H](OS(=O)(=O)c2ccc(C)cc2)CN1C(=O)O. The van der Waals surface area contributed by atoms with Crippen LogP contribution < -0.4 is 0 Å². The molecule has 0 aliphatic carbocycles. The van der Waals surface area contributed by atoms with Gasteiger partial charge in [-0.2, -0.15) is 8.42 Å². The van der Waals surface area contributed by atoms with E-state index in [1.165, 1.54) is 12.1 Å². The Morgan fingerprint density at radius 2 is 1.87 bits per heavy atom. The summed E-state index contributed by atoms with van der Waals surface area (Å²) >= 11 is 0. The average molecular weight is 343 g/mol. The second kappa shape index (κ2) is 6.55. The van der Waals surface area contributed by atoms with Gasteiger partial charge in [0.1, 0.15) is 6.04 Å². The first kappa shape index (κ1) is 17.2. The molecule has 1 aliphatic rings. The fraction of sp³-hybridized carbons (Fsp3) is 0.429. The number of rotatable bonds is 4. The van der Waals surface area contributed by atoms with E-state index in [1.807, 2.05) is 6.92 Å². The average Bonchev–Trinajstić information content (AvgIpc) is 2.90. The lowest BCUT2D eigenvalue weighted by Crippen LogP contribution is -2.40. The maximum absolute atomic E-state index is 12.2. The number of carbonyl (C=O) groups excluding carboxylic acids is 1. The van der Waals surface area contributed by atoms with Gasteiger partial charge in [0.15, 0.2) is 0 Å². The van der Waals surface area contributed by atoms with Gasteiger partial charge in [-0.05, 0) is 19.1 Å². The molecule has 0 radical (unpaired) electrons. The third-order valence-electron chi connectivity index (χ3n) is 3.55. The zero-order chi connectivity index (χ0) is 17.2. The molecule has 9 heteroatoms. The van der Waals surface area contributed by atoms with Crippen LogP contribution in [0.15, 0.2) is 29.2 Å². The van der Waals surface area contributed by atoms with Crippen molar-refractivity contribution < 1.29 is 32.0 Å². The molecule has 1 amide bonds. The predicted octanol–water partition coefficient (Wildman–Crippen LogP) is 0.994. The number of nitrogens with zero attached hydrogens (tertiary/aromatic N) is 1. The predicted molar refractivity (Wildman–Crippen MR) is 78.4 cm³/mol. The van der Waals surface area contributed by atoms with Gasteiger partial charge in [0, 0.05) is 6.42 Å². The third-order valence-corrected chi connectivity index (χ3v) is 4.93. The zero-order valence-electron chi connectivity index (χ0n) is 12.6. The van der Waals surface area contributed by atoms with Crippen LogP contribution in [0.4, 0.5) is 4.79 Å². The molecule has 2 atom stereocenters. The van der Waals surface area contributed by atoms with E-state index in [1.54, 1.807) is 12.1 Å². The quantitative estimate of drug-likeness (QED) is 0.641. The first-order valence-electron chi connectivity index (χ1n) is 6.82. The molecule has 23 heavy (non-hydrogen) atoms. The number of hydrogen-bond donors (Lipinski definition) is 1. The summed E-state index contributed by atoms with van der Waals surface area (Å²) in [6.45, 7) is 1.60. The Balaban J connectivity index is 2.15. The number of methoxy groups -OCH3 is 1. The van der Waals surface area contributed by atoms with Gasteiger partial charge in [-0.1, -0.05) is 17.7 Å². The molecule has 0 saturated carbocycles. The van der Waals surface area contributed by atoms with E-state index >= 15 is 0 Å². The molecule has 1 aromatic carbocycles. The minimum Gasteiger partial charge on any atom is -0.467 e. The third kappa shape index (κ3) is 3.80. The van der Waals surface area contributed by atoms with Gasteiger partial charge in [-0.15, -0.1) is 0 Å². The van der Waals surface area contributed by atoms with Gasteiger partial charge in [-0.3, -0.25) is 9.08 Å². The Bertz CT molecular complexity index is 698. The highest BCUT2D eigenvalue weighted by atomic mass is 32.2. The molecule has 1 aliphatic heterocycles. The van der Waals surface area contributed by atoms with Crippen molar-refractivity contribution >= 4 is 22.2 Å². The zero-order valence-corrected chi connectivity index (χ0v) is 13.4.